The largest absolute Gasteiger partial charge is 0.492 e. The van der Waals surface area contributed by atoms with Crippen molar-refractivity contribution in [1.29, 1.82) is 0 Å². The fourth-order valence-electron chi connectivity index (χ4n) is 3.91. The smallest absolute Gasteiger partial charge is 0.407 e. The number of hydrogen-bond donors (Lipinski definition) is 8. The fourth-order valence-corrected chi connectivity index (χ4v) is 5.14. The normalized spacial score (nSPS) is 14.8. The molecule has 3 atom stereocenters. The molecule has 0 aromatic heterocycles. The van der Waals surface area contributed by atoms with Crippen LogP contribution in [0.3, 0.4) is 0 Å². The average Bonchev–Trinajstić information content (AvgIpc) is 3.04. The second-order valence-corrected chi connectivity index (χ2v) is 12.2. The highest BCUT2D eigenvalue weighted by Crippen LogP contribution is 2.14. The van der Waals surface area contributed by atoms with Crippen LogP contribution in [0.2, 0.25) is 0 Å². The predicted octanol–water partition coefficient (Wildman–Crippen LogP) is -0.509. The Kier molecular flexibility index (Phi) is 16.6. The molecule has 9 N–H and O–H groups in total. The minimum atomic E-state index is -4.28. The monoisotopic (exact) mass is 670 g/mol. The van der Waals surface area contributed by atoms with Gasteiger partial charge in [-0.15, -0.1) is 0 Å². The second kappa shape index (κ2) is 20.1. The van der Waals surface area contributed by atoms with Gasteiger partial charge in [0.05, 0.1) is 18.9 Å². The van der Waals surface area contributed by atoms with Crippen molar-refractivity contribution in [2.75, 3.05) is 51.7 Å². The molecule has 0 saturated heterocycles. The molecule has 17 nitrogen and oxygen atoms in total. The first kappa shape index (κ1) is 38.0. The standard InChI is InChI=1S/C28H46N8O9S/c1-3-5-14-45-28(41)35-20(4-2)16-33-27(40)36-23(18-46(42,43)34-17-22(29)25(38)39)24(37)19-7-9-21(10-8-19)44-15-13-32-26-30-11-6-12-31-26/h7-10,20,22-23,34H,3-6,11-18,29H2,1-2H3,(H,35,41)(H,38,39)(H2,30,31,32)(H2,33,36,40)/t20?,22-,23?/m0/s1. The summed E-state index contributed by atoms with van der Waals surface area (Å²) in [5.41, 5.74) is 5.49. The van der Waals surface area contributed by atoms with Crippen molar-refractivity contribution in [3.05, 3.63) is 29.8 Å². The summed E-state index contributed by atoms with van der Waals surface area (Å²) < 4.78 is 38.3. The number of aliphatic carboxylic acids is 1. The van der Waals surface area contributed by atoms with E-state index >= 15 is 0 Å². The summed E-state index contributed by atoms with van der Waals surface area (Å²) in [4.78, 5) is 53.5. The van der Waals surface area contributed by atoms with Crippen LogP contribution in [-0.2, 0) is 19.6 Å². The zero-order valence-electron chi connectivity index (χ0n) is 26.2. The van der Waals surface area contributed by atoms with Crippen LogP contribution < -0.4 is 41.8 Å². The molecule has 0 spiro atoms. The number of guanidine groups is 1. The van der Waals surface area contributed by atoms with Crippen LogP contribution >= 0.6 is 0 Å². The lowest BCUT2D eigenvalue weighted by Gasteiger charge is -2.21. The molecule has 0 aliphatic carbocycles. The van der Waals surface area contributed by atoms with E-state index in [4.69, 9.17) is 20.3 Å². The molecule has 258 valence electrons. The van der Waals surface area contributed by atoms with Gasteiger partial charge in [-0.25, -0.2) is 22.7 Å². The summed E-state index contributed by atoms with van der Waals surface area (Å²) in [5.74, 6) is -1.87. The Balaban J connectivity index is 2.04. The Morgan fingerprint density at radius 2 is 1.83 bits per heavy atom. The van der Waals surface area contributed by atoms with Crippen molar-refractivity contribution in [3.63, 3.8) is 0 Å². The molecule has 1 aliphatic heterocycles. The summed E-state index contributed by atoms with van der Waals surface area (Å²) >= 11 is 0. The highest BCUT2D eigenvalue weighted by molar-refractivity contribution is 7.89. The number of ether oxygens (including phenoxy) is 2. The van der Waals surface area contributed by atoms with Crippen molar-refractivity contribution in [3.8, 4) is 5.75 Å². The first-order valence-corrected chi connectivity index (χ1v) is 16.8. The molecule has 3 amide bonds. The van der Waals surface area contributed by atoms with Gasteiger partial charge in [0, 0.05) is 37.8 Å². The van der Waals surface area contributed by atoms with Gasteiger partial charge < -0.3 is 46.9 Å². The number of unbranched alkanes of at least 4 members (excludes halogenated alkanes) is 1. The van der Waals surface area contributed by atoms with Gasteiger partial charge in [-0.3, -0.25) is 14.6 Å². The molecule has 1 aromatic carbocycles. The van der Waals surface area contributed by atoms with Crippen LogP contribution in [0, 0.1) is 0 Å². The number of sulfonamides is 1. The van der Waals surface area contributed by atoms with Crippen molar-refractivity contribution in [2.45, 2.75) is 57.7 Å². The molecule has 2 rings (SSSR count). The number of nitrogens with one attached hydrogen (secondary N) is 6. The number of carboxylic acids is 1. The lowest BCUT2D eigenvalue weighted by molar-refractivity contribution is -0.138. The lowest BCUT2D eigenvalue weighted by Crippen LogP contribution is -2.53. The molecule has 1 heterocycles. The number of carbonyl (C=O) groups excluding carboxylic acids is 3. The van der Waals surface area contributed by atoms with Gasteiger partial charge in [-0.1, -0.05) is 20.3 Å². The molecular formula is C28H46N8O9S. The number of rotatable bonds is 20. The number of aliphatic imine (C=N–C) groups is 1. The molecule has 1 aromatic rings. The maximum atomic E-state index is 13.4. The Bertz CT molecular complexity index is 1280. The van der Waals surface area contributed by atoms with Crippen molar-refractivity contribution in [1.82, 2.24) is 31.3 Å². The van der Waals surface area contributed by atoms with Crippen LogP contribution in [0.4, 0.5) is 9.59 Å². The van der Waals surface area contributed by atoms with E-state index < -0.39 is 64.3 Å². The van der Waals surface area contributed by atoms with Gasteiger partial charge in [-0.05, 0) is 43.5 Å². The lowest BCUT2D eigenvalue weighted by atomic mass is 10.1. The van der Waals surface area contributed by atoms with E-state index in [1.807, 2.05) is 6.92 Å². The van der Waals surface area contributed by atoms with E-state index in [1.165, 1.54) is 24.3 Å². The van der Waals surface area contributed by atoms with Crippen LogP contribution in [-0.4, -0.2) is 113 Å². The number of hydrogen-bond acceptors (Lipinski definition) is 12. The Labute approximate surface area is 268 Å². The third-order valence-electron chi connectivity index (χ3n) is 6.60. The molecule has 0 saturated carbocycles. The molecule has 18 heteroatoms. The highest BCUT2D eigenvalue weighted by Gasteiger charge is 2.29. The number of alkyl carbamates (subject to hydrolysis) is 1. The maximum absolute atomic E-state index is 13.4. The van der Waals surface area contributed by atoms with Crippen molar-refractivity contribution >= 4 is 39.9 Å². The number of urea groups is 1. The van der Waals surface area contributed by atoms with Gasteiger partial charge in [0.15, 0.2) is 11.7 Å². The Morgan fingerprint density at radius 3 is 2.46 bits per heavy atom. The quantitative estimate of drug-likeness (QED) is 0.0645. The van der Waals surface area contributed by atoms with Crippen LogP contribution in [0.15, 0.2) is 29.3 Å². The third-order valence-corrected chi connectivity index (χ3v) is 7.98. The minimum absolute atomic E-state index is 0.0328. The summed E-state index contributed by atoms with van der Waals surface area (Å²) in [6.45, 7) is 5.75. The van der Waals surface area contributed by atoms with Gasteiger partial charge in [0.2, 0.25) is 10.0 Å². The number of amides is 3. The molecule has 0 radical (unpaired) electrons. The number of benzene rings is 1. The van der Waals surface area contributed by atoms with E-state index in [-0.39, 0.29) is 18.7 Å². The van der Waals surface area contributed by atoms with E-state index in [0.29, 0.717) is 37.7 Å². The number of Topliss-reactive ketones (excluding diaryl/α,β-unsaturated/α-hetero) is 1. The van der Waals surface area contributed by atoms with Gasteiger partial charge in [0.1, 0.15) is 24.4 Å². The summed E-state index contributed by atoms with van der Waals surface area (Å²) in [5, 5.41) is 22.8. The maximum Gasteiger partial charge on any atom is 0.407 e. The molecule has 0 bridgehead atoms. The molecule has 46 heavy (non-hydrogen) atoms. The number of carboxylic acid groups (broad SMARTS) is 1. The van der Waals surface area contributed by atoms with Gasteiger partial charge >= 0.3 is 18.1 Å². The number of carbonyl (C=O) groups is 4. The molecular weight excluding hydrogens is 624 g/mol. The predicted molar refractivity (Wildman–Crippen MR) is 170 cm³/mol. The summed E-state index contributed by atoms with van der Waals surface area (Å²) in [6.07, 6.45) is 2.36. The van der Waals surface area contributed by atoms with E-state index in [0.717, 1.165) is 25.9 Å². The van der Waals surface area contributed by atoms with Crippen LogP contribution in [0.5, 0.6) is 5.75 Å². The number of nitrogens with zero attached hydrogens (tertiary/aromatic N) is 1. The molecule has 0 fully saturated rings. The first-order valence-electron chi connectivity index (χ1n) is 15.2. The molecule has 1 aliphatic rings. The van der Waals surface area contributed by atoms with E-state index in [9.17, 15) is 27.6 Å². The number of ketones is 1. The summed E-state index contributed by atoms with van der Waals surface area (Å²) in [7, 11) is -4.28. The third kappa shape index (κ3) is 14.7. The Morgan fingerprint density at radius 1 is 1.09 bits per heavy atom. The summed E-state index contributed by atoms with van der Waals surface area (Å²) in [6, 6.07) is 1.52. The Hall–Kier alpha value is -4.16. The first-order chi connectivity index (χ1) is 21.9. The van der Waals surface area contributed by atoms with E-state index in [2.05, 4.69) is 36.3 Å². The van der Waals surface area contributed by atoms with Crippen molar-refractivity contribution in [2.24, 2.45) is 10.7 Å². The fraction of sp³-hybridized carbons (Fsp3) is 0.607. The van der Waals surface area contributed by atoms with Gasteiger partial charge in [0.25, 0.3) is 0 Å². The zero-order chi connectivity index (χ0) is 34.0. The minimum Gasteiger partial charge on any atom is -0.492 e. The second-order valence-electron chi connectivity index (χ2n) is 10.4. The van der Waals surface area contributed by atoms with Crippen LogP contribution in [0.1, 0.15) is 49.9 Å². The SMILES string of the molecule is CCCCOC(=O)NC(CC)CNC(=O)NC(CS(=O)(=O)NC[C@H](N)C(=O)O)C(=O)c1ccc(OCCNC2=NCCCN2)cc1. The average molecular weight is 671 g/mol. The number of nitrogens with two attached hydrogens (primary N) is 1. The van der Waals surface area contributed by atoms with Crippen LogP contribution in [0.25, 0.3) is 0 Å². The highest BCUT2D eigenvalue weighted by atomic mass is 32.2. The van der Waals surface area contributed by atoms with Crippen molar-refractivity contribution < 1.29 is 42.2 Å². The molecule has 2 unspecified atom stereocenters. The van der Waals surface area contributed by atoms with E-state index in [1.54, 1.807) is 6.92 Å². The van der Waals surface area contributed by atoms with Gasteiger partial charge in [-0.2, -0.15) is 0 Å². The topological polar surface area (TPSA) is 252 Å². The zero-order valence-corrected chi connectivity index (χ0v) is 27.0.